The Labute approximate surface area is 329 Å². The van der Waals surface area contributed by atoms with Crippen LogP contribution in [0.5, 0.6) is 0 Å². The van der Waals surface area contributed by atoms with Crippen LogP contribution in [0.4, 0.5) is 0 Å². The SMILES string of the molecule is CC[C@H]1OC(=O)[C@H](C)[C@@H](O[C@H]2C[C@@](C)(OC)[C@@H](O)[C@H](C)O2)[C@H](C)[C@@H](O[C@@H]2O[C@H](C)C[C@H](N(C)CC(C)(C)C)[C@H]2O)[C@](C)(O)C[C@@H](C)C(=O)[C@H](C)[C@@H](O)[C@]1(C)O. The van der Waals surface area contributed by atoms with E-state index in [0.717, 1.165) is 0 Å². The summed E-state index contributed by atoms with van der Waals surface area (Å²) in [6.07, 6.45) is -9.83. The van der Waals surface area contributed by atoms with Gasteiger partial charge in [-0.3, -0.25) is 9.59 Å². The average molecular weight is 790 g/mol. The Morgan fingerprint density at radius 1 is 0.891 bits per heavy atom. The lowest BCUT2D eigenvalue weighted by atomic mass is 9.74. The summed E-state index contributed by atoms with van der Waals surface area (Å²) in [5.41, 5.74) is -4.93. The zero-order valence-electron chi connectivity index (χ0n) is 36.1. The fourth-order valence-electron chi connectivity index (χ4n) is 9.20. The van der Waals surface area contributed by atoms with Crippen LogP contribution < -0.4 is 0 Å². The second kappa shape index (κ2) is 18.3. The van der Waals surface area contributed by atoms with Crippen molar-refractivity contribution in [2.75, 3.05) is 20.7 Å². The molecule has 18 atom stereocenters. The molecular formula is C41H75NO13. The third-order valence-electron chi connectivity index (χ3n) is 12.4. The first-order valence-corrected chi connectivity index (χ1v) is 20.2. The van der Waals surface area contributed by atoms with Gasteiger partial charge in [-0.05, 0) is 73.3 Å². The van der Waals surface area contributed by atoms with Gasteiger partial charge in [-0.25, -0.2) is 0 Å². The van der Waals surface area contributed by atoms with Crippen LogP contribution in [0.2, 0.25) is 0 Å². The summed E-state index contributed by atoms with van der Waals surface area (Å²) in [6.45, 7) is 23.5. The van der Waals surface area contributed by atoms with Crippen molar-refractivity contribution in [2.45, 2.75) is 200 Å². The van der Waals surface area contributed by atoms with Crippen LogP contribution in [0.3, 0.4) is 0 Å². The minimum atomic E-state index is -2.00. The molecule has 3 fully saturated rings. The average Bonchev–Trinajstić information content (AvgIpc) is 3.08. The number of ether oxygens (including phenoxy) is 6. The third-order valence-corrected chi connectivity index (χ3v) is 12.4. The second-order valence-corrected chi connectivity index (χ2v) is 19.0. The van der Waals surface area contributed by atoms with E-state index in [2.05, 4.69) is 25.7 Å². The quantitative estimate of drug-likeness (QED) is 0.225. The summed E-state index contributed by atoms with van der Waals surface area (Å²) in [5.74, 6) is -5.01. The summed E-state index contributed by atoms with van der Waals surface area (Å²) >= 11 is 0. The number of aliphatic hydroxyl groups is 5. The largest absolute Gasteiger partial charge is 0.459 e. The number of carbonyl (C=O) groups excluding carboxylic acids is 2. The van der Waals surface area contributed by atoms with Gasteiger partial charge in [0.15, 0.2) is 12.6 Å². The highest BCUT2D eigenvalue weighted by atomic mass is 16.7. The number of nitrogens with zero attached hydrogens (tertiary/aromatic N) is 1. The van der Waals surface area contributed by atoms with Gasteiger partial charge in [-0.1, -0.05) is 48.5 Å². The van der Waals surface area contributed by atoms with Crippen molar-refractivity contribution in [2.24, 2.45) is 29.1 Å². The number of Topliss-reactive ketones (excluding diaryl/α,β-unsaturated/α-hetero) is 1. The zero-order chi connectivity index (χ0) is 42.2. The van der Waals surface area contributed by atoms with Gasteiger partial charge in [0, 0.05) is 43.9 Å². The Bertz CT molecular complexity index is 1270. The van der Waals surface area contributed by atoms with Crippen LogP contribution in [-0.2, 0) is 38.0 Å². The first-order valence-electron chi connectivity index (χ1n) is 20.2. The van der Waals surface area contributed by atoms with Crippen molar-refractivity contribution in [3.63, 3.8) is 0 Å². The standard InChI is InChI=1S/C41H75NO13/c1-16-28-41(13,49)33(45)23(4)30(43)21(2)18-39(11,48)35(55-37-31(44)27(17-22(3)51-37)42(14)20-38(8,9)10)24(5)32(25(6)36(47)53-28)54-29-19-40(12,50-15)34(46)26(7)52-29/h21-29,31-35,37,44-46,48-49H,16-20H2,1-15H3/t21-,22-,23+,24+,25-,26+,27+,28-,29+,31-,32+,33-,34+,35-,37+,39-,40-,41-/m1/s1. The van der Waals surface area contributed by atoms with Gasteiger partial charge >= 0.3 is 5.97 Å². The lowest BCUT2D eigenvalue weighted by molar-refractivity contribution is -0.318. The van der Waals surface area contributed by atoms with Crippen molar-refractivity contribution in [3.05, 3.63) is 0 Å². The van der Waals surface area contributed by atoms with E-state index in [1.165, 1.54) is 27.9 Å². The normalized spacial score (nSPS) is 47.3. The van der Waals surface area contributed by atoms with Gasteiger partial charge in [-0.15, -0.1) is 0 Å². The molecule has 3 rings (SSSR count). The van der Waals surface area contributed by atoms with E-state index >= 15 is 0 Å². The minimum Gasteiger partial charge on any atom is -0.459 e. The van der Waals surface area contributed by atoms with Gasteiger partial charge in [-0.2, -0.15) is 0 Å². The van der Waals surface area contributed by atoms with E-state index in [1.807, 2.05) is 14.0 Å². The Morgan fingerprint density at radius 3 is 2.04 bits per heavy atom. The fourth-order valence-corrected chi connectivity index (χ4v) is 9.20. The number of rotatable bonds is 8. The lowest BCUT2D eigenvalue weighted by Crippen LogP contribution is -2.61. The van der Waals surface area contributed by atoms with E-state index in [0.29, 0.717) is 13.0 Å². The molecule has 5 N–H and O–H groups in total. The van der Waals surface area contributed by atoms with Crippen molar-refractivity contribution in [1.82, 2.24) is 4.90 Å². The Morgan fingerprint density at radius 2 is 1.49 bits per heavy atom. The summed E-state index contributed by atoms with van der Waals surface area (Å²) in [6, 6.07) is -0.343. The number of likely N-dealkylation sites (N-methyl/N-ethyl adjacent to an activating group) is 1. The number of cyclic esters (lactones) is 1. The van der Waals surface area contributed by atoms with Gasteiger partial charge in [0.2, 0.25) is 0 Å². The van der Waals surface area contributed by atoms with Crippen LogP contribution in [-0.4, -0.2) is 147 Å². The molecule has 0 unspecified atom stereocenters. The molecule has 0 aromatic carbocycles. The number of hydrogen-bond acceptors (Lipinski definition) is 14. The molecular weight excluding hydrogens is 714 g/mol. The van der Waals surface area contributed by atoms with Crippen molar-refractivity contribution >= 4 is 11.8 Å². The molecule has 0 aromatic rings. The molecule has 0 radical (unpaired) electrons. The van der Waals surface area contributed by atoms with Crippen LogP contribution in [0, 0.1) is 29.1 Å². The molecule has 0 amide bonds. The van der Waals surface area contributed by atoms with Gasteiger partial charge in [0.05, 0.1) is 47.6 Å². The number of ketones is 1. The van der Waals surface area contributed by atoms with Crippen molar-refractivity contribution < 1.29 is 63.5 Å². The highest BCUT2D eigenvalue weighted by molar-refractivity contribution is 5.83. The van der Waals surface area contributed by atoms with Gasteiger partial charge < -0.3 is 58.9 Å². The molecule has 0 saturated carbocycles. The molecule has 55 heavy (non-hydrogen) atoms. The molecule has 14 nitrogen and oxygen atoms in total. The summed E-state index contributed by atoms with van der Waals surface area (Å²) in [4.78, 5) is 30.2. The summed E-state index contributed by atoms with van der Waals surface area (Å²) in [5, 5.41) is 58.4. The second-order valence-electron chi connectivity index (χ2n) is 19.0. The number of hydrogen-bond donors (Lipinski definition) is 5. The molecule has 0 aliphatic carbocycles. The predicted molar refractivity (Wildman–Crippen MR) is 205 cm³/mol. The molecule has 0 bridgehead atoms. The van der Waals surface area contributed by atoms with Gasteiger partial charge in [0.25, 0.3) is 0 Å². The third kappa shape index (κ3) is 11.1. The van der Waals surface area contributed by atoms with Gasteiger partial charge in [0.1, 0.15) is 29.7 Å². The van der Waals surface area contributed by atoms with Crippen molar-refractivity contribution in [3.8, 4) is 0 Å². The predicted octanol–water partition coefficient (Wildman–Crippen LogP) is 3.20. The molecule has 14 heteroatoms. The highest BCUT2D eigenvalue weighted by Crippen LogP contribution is 2.41. The summed E-state index contributed by atoms with van der Waals surface area (Å²) in [7, 11) is 3.44. The zero-order valence-corrected chi connectivity index (χ0v) is 36.1. The van der Waals surface area contributed by atoms with E-state index in [-0.39, 0.29) is 36.8 Å². The summed E-state index contributed by atoms with van der Waals surface area (Å²) < 4.78 is 37.5. The maximum absolute atomic E-state index is 14.2. The highest BCUT2D eigenvalue weighted by Gasteiger charge is 2.53. The molecule has 322 valence electrons. The maximum Gasteiger partial charge on any atom is 0.311 e. The van der Waals surface area contributed by atoms with Crippen LogP contribution in [0.1, 0.15) is 116 Å². The van der Waals surface area contributed by atoms with E-state index < -0.39 is 108 Å². The molecule has 3 aliphatic rings. The first kappa shape index (κ1) is 48.1. The fraction of sp³-hybridized carbons (Fsp3) is 0.951. The first-order chi connectivity index (χ1) is 25.1. The van der Waals surface area contributed by atoms with Crippen molar-refractivity contribution in [1.29, 1.82) is 0 Å². The number of aliphatic hydroxyl groups excluding tert-OH is 3. The monoisotopic (exact) mass is 790 g/mol. The molecule has 3 heterocycles. The Kier molecular flexibility index (Phi) is 16.0. The lowest BCUT2D eigenvalue weighted by Gasteiger charge is -2.49. The molecule has 0 spiro atoms. The van der Waals surface area contributed by atoms with Crippen LogP contribution in [0.15, 0.2) is 0 Å². The van der Waals surface area contributed by atoms with E-state index in [9.17, 15) is 35.1 Å². The van der Waals surface area contributed by atoms with Crippen LogP contribution in [0.25, 0.3) is 0 Å². The smallest absolute Gasteiger partial charge is 0.311 e. The minimum absolute atomic E-state index is 0.0593. The molecule has 3 aliphatic heterocycles. The number of esters is 1. The molecule has 0 aromatic heterocycles. The van der Waals surface area contributed by atoms with E-state index in [1.54, 1.807) is 41.5 Å². The molecule has 3 saturated heterocycles. The number of carbonyl (C=O) groups is 2. The maximum atomic E-state index is 14.2. The van der Waals surface area contributed by atoms with Crippen LogP contribution >= 0.6 is 0 Å². The Balaban J connectivity index is 2.18. The topological polar surface area (TPSA) is 194 Å². The van der Waals surface area contributed by atoms with E-state index in [4.69, 9.17) is 28.4 Å². The number of methoxy groups -OCH3 is 1. The Hall–Kier alpha value is -1.30.